The molecule has 92 valence electrons. The summed E-state index contributed by atoms with van der Waals surface area (Å²) in [5.41, 5.74) is 0.235. The standard InChI is InChI=1S/C10H11FN2O3S/c11-8-3-9(5-12-4-8)13-10(14)7-1-2-17(15,16)6-7/h3-5,7H,1-2,6H2,(H,13,14). The number of halogens is 1. The highest BCUT2D eigenvalue weighted by atomic mass is 32.2. The van der Waals surface area contributed by atoms with Gasteiger partial charge in [-0.15, -0.1) is 0 Å². The number of aromatic nitrogens is 1. The first kappa shape index (κ1) is 12.0. The molecule has 2 rings (SSSR count). The van der Waals surface area contributed by atoms with Crippen LogP contribution < -0.4 is 5.32 Å². The van der Waals surface area contributed by atoms with E-state index in [0.29, 0.717) is 6.42 Å². The zero-order valence-electron chi connectivity index (χ0n) is 8.89. The van der Waals surface area contributed by atoms with E-state index in [9.17, 15) is 17.6 Å². The summed E-state index contributed by atoms with van der Waals surface area (Å²) >= 11 is 0. The molecule has 1 aliphatic rings. The maximum absolute atomic E-state index is 12.8. The molecule has 0 bridgehead atoms. The molecule has 0 aliphatic carbocycles. The summed E-state index contributed by atoms with van der Waals surface area (Å²) in [5, 5.41) is 2.46. The van der Waals surface area contributed by atoms with Crippen LogP contribution in [0.2, 0.25) is 0 Å². The molecule has 1 atom stereocenters. The number of sulfone groups is 1. The molecule has 1 saturated heterocycles. The van der Waals surface area contributed by atoms with Gasteiger partial charge in [0.1, 0.15) is 5.82 Å². The van der Waals surface area contributed by atoms with Crippen LogP contribution in [0.5, 0.6) is 0 Å². The Labute approximate surface area is 98.0 Å². The first-order chi connectivity index (χ1) is 7.96. The van der Waals surface area contributed by atoms with Crippen LogP contribution in [-0.4, -0.2) is 30.8 Å². The van der Waals surface area contributed by atoms with Crippen LogP contribution in [0.15, 0.2) is 18.5 Å². The van der Waals surface area contributed by atoms with Gasteiger partial charge in [0, 0.05) is 6.07 Å². The third-order valence-corrected chi connectivity index (χ3v) is 4.34. The van der Waals surface area contributed by atoms with Crippen molar-refractivity contribution in [1.82, 2.24) is 4.98 Å². The van der Waals surface area contributed by atoms with Gasteiger partial charge in [-0.3, -0.25) is 9.78 Å². The fourth-order valence-corrected chi connectivity index (χ4v) is 3.47. The van der Waals surface area contributed by atoms with Gasteiger partial charge in [0.05, 0.1) is 35.5 Å². The van der Waals surface area contributed by atoms with Crippen LogP contribution in [0, 0.1) is 11.7 Å². The monoisotopic (exact) mass is 258 g/mol. The van der Waals surface area contributed by atoms with Crippen LogP contribution >= 0.6 is 0 Å². The lowest BCUT2D eigenvalue weighted by atomic mass is 10.1. The zero-order valence-corrected chi connectivity index (χ0v) is 9.71. The molecule has 2 heterocycles. The van der Waals surface area contributed by atoms with Crippen molar-refractivity contribution in [2.75, 3.05) is 16.8 Å². The van der Waals surface area contributed by atoms with Gasteiger partial charge in [-0.1, -0.05) is 0 Å². The quantitative estimate of drug-likeness (QED) is 0.842. The molecule has 1 aromatic rings. The SMILES string of the molecule is O=C(Nc1cncc(F)c1)C1CCS(=O)(=O)C1. The number of nitrogens with zero attached hydrogens (tertiary/aromatic N) is 1. The molecule has 0 saturated carbocycles. The first-order valence-electron chi connectivity index (χ1n) is 5.08. The molecule has 1 N–H and O–H groups in total. The minimum absolute atomic E-state index is 0.0342. The number of carbonyl (C=O) groups is 1. The van der Waals surface area contributed by atoms with E-state index in [0.717, 1.165) is 12.3 Å². The third-order valence-electron chi connectivity index (χ3n) is 2.58. The molecule has 1 aliphatic heterocycles. The molecule has 5 nitrogen and oxygen atoms in total. The van der Waals surface area contributed by atoms with Crippen LogP contribution in [0.1, 0.15) is 6.42 Å². The van der Waals surface area contributed by atoms with Gasteiger partial charge >= 0.3 is 0 Å². The second-order valence-corrected chi connectivity index (χ2v) is 6.21. The Morgan fingerprint density at radius 1 is 1.47 bits per heavy atom. The number of rotatable bonds is 2. The largest absolute Gasteiger partial charge is 0.324 e. The van der Waals surface area contributed by atoms with E-state index in [-0.39, 0.29) is 17.2 Å². The fourth-order valence-electron chi connectivity index (χ4n) is 1.73. The summed E-state index contributed by atoms with van der Waals surface area (Å²) in [6.07, 6.45) is 2.65. The number of nitrogens with one attached hydrogen (secondary N) is 1. The topological polar surface area (TPSA) is 76.1 Å². The van der Waals surface area contributed by atoms with Crippen molar-refractivity contribution >= 4 is 21.4 Å². The van der Waals surface area contributed by atoms with Gasteiger partial charge in [0.15, 0.2) is 9.84 Å². The third kappa shape index (κ3) is 3.00. The lowest BCUT2D eigenvalue weighted by Crippen LogP contribution is -2.23. The second kappa shape index (κ2) is 4.40. The van der Waals surface area contributed by atoms with E-state index in [2.05, 4.69) is 10.3 Å². The molecule has 1 aromatic heterocycles. The van der Waals surface area contributed by atoms with Crippen molar-refractivity contribution in [3.05, 3.63) is 24.3 Å². The average molecular weight is 258 g/mol. The Morgan fingerprint density at radius 3 is 2.82 bits per heavy atom. The van der Waals surface area contributed by atoms with Gasteiger partial charge in [-0.2, -0.15) is 0 Å². The molecule has 0 spiro atoms. The van der Waals surface area contributed by atoms with Crippen molar-refractivity contribution in [2.45, 2.75) is 6.42 Å². The van der Waals surface area contributed by atoms with E-state index >= 15 is 0 Å². The summed E-state index contributed by atoms with van der Waals surface area (Å²) in [6.45, 7) is 0. The average Bonchev–Trinajstić information content (AvgIpc) is 2.59. The van der Waals surface area contributed by atoms with E-state index in [4.69, 9.17) is 0 Å². The summed E-state index contributed by atoms with van der Waals surface area (Å²) in [5.74, 6) is -1.61. The Hall–Kier alpha value is -1.50. The zero-order chi connectivity index (χ0) is 12.5. The molecular weight excluding hydrogens is 247 g/mol. The minimum Gasteiger partial charge on any atom is -0.324 e. The number of hydrogen-bond donors (Lipinski definition) is 1. The summed E-state index contributed by atoms with van der Waals surface area (Å²) in [7, 11) is -3.09. The van der Waals surface area contributed by atoms with Crippen LogP contribution in [-0.2, 0) is 14.6 Å². The molecule has 1 unspecified atom stereocenters. The van der Waals surface area contributed by atoms with E-state index < -0.39 is 27.5 Å². The van der Waals surface area contributed by atoms with E-state index in [1.54, 1.807) is 0 Å². The number of hydrogen-bond acceptors (Lipinski definition) is 4. The van der Waals surface area contributed by atoms with Crippen molar-refractivity contribution < 1.29 is 17.6 Å². The lowest BCUT2D eigenvalue weighted by Gasteiger charge is -2.08. The van der Waals surface area contributed by atoms with E-state index in [1.807, 2.05) is 0 Å². The first-order valence-corrected chi connectivity index (χ1v) is 6.90. The predicted octanol–water partition coefficient (Wildman–Crippen LogP) is 0.594. The Morgan fingerprint density at radius 2 is 2.24 bits per heavy atom. The molecule has 1 fully saturated rings. The van der Waals surface area contributed by atoms with Crippen molar-refractivity contribution in [1.29, 1.82) is 0 Å². The van der Waals surface area contributed by atoms with Gasteiger partial charge in [-0.05, 0) is 6.42 Å². The maximum Gasteiger partial charge on any atom is 0.228 e. The van der Waals surface area contributed by atoms with Gasteiger partial charge in [0.2, 0.25) is 5.91 Å². The molecular formula is C10H11FN2O3S. The van der Waals surface area contributed by atoms with Crippen molar-refractivity contribution in [2.24, 2.45) is 5.92 Å². The maximum atomic E-state index is 12.8. The molecule has 0 radical (unpaired) electrons. The summed E-state index contributed by atoms with van der Waals surface area (Å²) in [6, 6.07) is 1.13. The molecule has 17 heavy (non-hydrogen) atoms. The van der Waals surface area contributed by atoms with Crippen molar-refractivity contribution in [3.8, 4) is 0 Å². The predicted molar refractivity (Wildman–Crippen MR) is 59.6 cm³/mol. The highest BCUT2D eigenvalue weighted by molar-refractivity contribution is 7.91. The fraction of sp³-hybridized carbons (Fsp3) is 0.400. The van der Waals surface area contributed by atoms with Crippen molar-refractivity contribution in [3.63, 3.8) is 0 Å². The number of carbonyl (C=O) groups excluding carboxylic acids is 1. The highest BCUT2D eigenvalue weighted by Gasteiger charge is 2.32. The van der Waals surface area contributed by atoms with Crippen LogP contribution in [0.3, 0.4) is 0 Å². The van der Waals surface area contributed by atoms with Crippen LogP contribution in [0.25, 0.3) is 0 Å². The molecule has 1 amide bonds. The number of pyridine rings is 1. The Bertz CT molecular complexity index is 544. The van der Waals surface area contributed by atoms with Gasteiger partial charge in [-0.25, -0.2) is 12.8 Å². The van der Waals surface area contributed by atoms with E-state index in [1.165, 1.54) is 6.20 Å². The number of amides is 1. The smallest absolute Gasteiger partial charge is 0.228 e. The Balaban J connectivity index is 2.03. The molecule has 7 heteroatoms. The van der Waals surface area contributed by atoms with Crippen LogP contribution in [0.4, 0.5) is 10.1 Å². The normalized spacial score (nSPS) is 22.3. The molecule has 0 aromatic carbocycles. The second-order valence-electron chi connectivity index (χ2n) is 3.98. The Kier molecular flexibility index (Phi) is 3.10. The highest BCUT2D eigenvalue weighted by Crippen LogP contribution is 2.20. The number of anilines is 1. The van der Waals surface area contributed by atoms with Gasteiger partial charge < -0.3 is 5.32 Å². The lowest BCUT2D eigenvalue weighted by molar-refractivity contribution is -0.119. The summed E-state index contributed by atoms with van der Waals surface area (Å²) in [4.78, 5) is 15.3. The summed E-state index contributed by atoms with van der Waals surface area (Å²) < 4.78 is 35.2. The van der Waals surface area contributed by atoms with Gasteiger partial charge in [0.25, 0.3) is 0 Å². The minimum atomic E-state index is -3.09.